The van der Waals surface area contributed by atoms with Crippen LogP contribution in [0.2, 0.25) is 0 Å². The van der Waals surface area contributed by atoms with E-state index < -0.39 is 5.97 Å². The number of nitrogens with zero attached hydrogens (tertiary/aromatic N) is 1. The summed E-state index contributed by atoms with van der Waals surface area (Å²) in [4.78, 5) is 23.9. The average Bonchev–Trinajstić information content (AvgIpc) is 2.61. The van der Waals surface area contributed by atoms with Gasteiger partial charge < -0.3 is 10.0 Å². The van der Waals surface area contributed by atoms with Gasteiger partial charge >= 0.3 is 5.97 Å². The number of carbonyl (C=O) groups is 2. The van der Waals surface area contributed by atoms with E-state index in [4.69, 9.17) is 5.11 Å². The molecule has 1 atom stereocenters. The van der Waals surface area contributed by atoms with Crippen LogP contribution in [0.3, 0.4) is 0 Å². The number of amides is 1. The van der Waals surface area contributed by atoms with Crippen LogP contribution < -0.4 is 0 Å². The summed E-state index contributed by atoms with van der Waals surface area (Å²) in [5.74, 6) is 0.222. The van der Waals surface area contributed by atoms with Crippen LogP contribution in [0.15, 0.2) is 0 Å². The van der Waals surface area contributed by atoms with Crippen LogP contribution in [0.25, 0.3) is 0 Å². The number of thioether (sulfide) groups is 1. The van der Waals surface area contributed by atoms with Gasteiger partial charge in [-0.2, -0.15) is 0 Å². The molecule has 1 heterocycles. The molecule has 1 unspecified atom stereocenters. The van der Waals surface area contributed by atoms with Gasteiger partial charge in [0.2, 0.25) is 5.91 Å². The molecule has 1 aliphatic heterocycles. The zero-order valence-corrected chi connectivity index (χ0v) is 9.97. The molecule has 0 bridgehead atoms. The van der Waals surface area contributed by atoms with E-state index in [1.54, 1.807) is 18.8 Å². The number of carbonyl (C=O) groups excluding carboxylic acids is 1. The average molecular weight is 231 g/mol. The Morgan fingerprint density at radius 2 is 2.20 bits per heavy atom. The minimum atomic E-state index is -0.862. The Hall–Kier alpha value is -0.710. The highest BCUT2D eigenvalue weighted by Gasteiger charge is 2.38. The summed E-state index contributed by atoms with van der Waals surface area (Å²) in [6.07, 6.45) is 1.98. The van der Waals surface area contributed by atoms with Crippen LogP contribution in [0.5, 0.6) is 0 Å². The molecule has 4 nitrogen and oxygen atoms in total. The molecule has 0 aliphatic carbocycles. The van der Waals surface area contributed by atoms with Gasteiger partial charge in [-0.3, -0.25) is 9.59 Å². The van der Waals surface area contributed by atoms with Crippen LogP contribution >= 0.6 is 11.8 Å². The van der Waals surface area contributed by atoms with E-state index >= 15 is 0 Å². The highest BCUT2D eigenvalue weighted by atomic mass is 32.2. The van der Waals surface area contributed by atoms with Crippen molar-refractivity contribution in [2.45, 2.75) is 30.9 Å². The lowest BCUT2D eigenvalue weighted by atomic mass is 10.0. The predicted molar refractivity (Wildman–Crippen MR) is 60.0 cm³/mol. The Morgan fingerprint density at radius 1 is 1.53 bits per heavy atom. The van der Waals surface area contributed by atoms with Gasteiger partial charge in [-0.25, -0.2) is 0 Å². The maximum Gasteiger partial charge on any atom is 0.305 e. The molecule has 1 N–H and O–H groups in total. The summed E-state index contributed by atoms with van der Waals surface area (Å²) in [6.45, 7) is 2.24. The fraction of sp³-hybridized carbons (Fsp3) is 0.800. The number of carboxylic acids is 1. The molecule has 1 rings (SSSR count). The van der Waals surface area contributed by atoms with Crippen molar-refractivity contribution in [1.29, 1.82) is 0 Å². The van der Waals surface area contributed by atoms with Gasteiger partial charge in [0.15, 0.2) is 0 Å². The summed E-state index contributed by atoms with van der Waals surface area (Å²) in [5, 5.41) is 8.53. The molecule has 0 saturated carbocycles. The number of carboxylic acid groups (broad SMARTS) is 1. The molecule has 0 aromatic rings. The monoisotopic (exact) mass is 231 g/mol. The zero-order chi connectivity index (χ0) is 11.5. The second kappa shape index (κ2) is 4.88. The van der Waals surface area contributed by atoms with Gasteiger partial charge in [0.05, 0.1) is 11.2 Å². The van der Waals surface area contributed by atoms with Crippen molar-refractivity contribution >= 4 is 23.6 Å². The van der Waals surface area contributed by atoms with Crippen LogP contribution in [-0.2, 0) is 9.59 Å². The van der Waals surface area contributed by atoms with Crippen molar-refractivity contribution in [3.8, 4) is 0 Å². The second-order valence-electron chi connectivity index (χ2n) is 4.05. The second-order valence-corrected chi connectivity index (χ2v) is 5.65. The summed E-state index contributed by atoms with van der Waals surface area (Å²) >= 11 is 1.68. The summed E-state index contributed by atoms with van der Waals surface area (Å²) in [5.41, 5.74) is 0. The van der Waals surface area contributed by atoms with E-state index in [9.17, 15) is 9.59 Å². The normalized spacial score (nSPS) is 25.2. The number of aliphatic carboxylic acids is 1. The molecule has 1 amide bonds. The summed E-state index contributed by atoms with van der Waals surface area (Å²) in [7, 11) is 1.68. The Labute approximate surface area is 94.0 Å². The lowest BCUT2D eigenvalue weighted by molar-refractivity contribution is -0.138. The first-order valence-corrected chi connectivity index (χ1v) is 6.05. The molecule has 1 aliphatic rings. The van der Waals surface area contributed by atoms with Crippen molar-refractivity contribution in [2.75, 3.05) is 19.3 Å². The molecule has 0 spiro atoms. The van der Waals surface area contributed by atoms with Crippen LogP contribution in [-0.4, -0.2) is 46.0 Å². The summed E-state index contributed by atoms with van der Waals surface area (Å²) < 4.78 is -0.326. The molecule has 1 fully saturated rings. The lowest BCUT2D eigenvalue weighted by Crippen LogP contribution is -2.42. The molecule has 15 heavy (non-hydrogen) atoms. The minimum absolute atomic E-state index is 0.0169. The van der Waals surface area contributed by atoms with E-state index in [1.807, 2.05) is 6.92 Å². The number of rotatable bonds is 4. The maximum absolute atomic E-state index is 12.0. The zero-order valence-electron chi connectivity index (χ0n) is 9.15. The van der Waals surface area contributed by atoms with Crippen molar-refractivity contribution in [2.24, 2.45) is 0 Å². The van der Waals surface area contributed by atoms with Gasteiger partial charge in [0.1, 0.15) is 0 Å². The molecule has 86 valence electrons. The number of hydrogen-bond acceptors (Lipinski definition) is 3. The lowest BCUT2D eigenvalue weighted by Gasteiger charge is -2.27. The van der Waals surface area contributed by atoms with E-state index in [2.05, 4.69) is 0 Å². The minimum Gasteiger partial charge on any atom is -0.481 e. The van der Waals surface area contributed by atoms with Gasteiger partial charge in [0.25, 0.3) is 0 Å². The third-order valence-corrected chi connectivity index (χ3v) is 4.19. The van der Waals surface area contributed by atoms with Crippen LogP contribution in [0.1, 0.15) is 26.2 Å². The topological polar surface area (TPSA) is 57.6 Å². The fourth-order valence-electron chi connectivity index (χ4n) is 1.72. The largest absolute Gasteiger partial charge is 0.481 e. The first-order chi connectivity index (χ1) is 6.96. The molecule has 1 saturated heterocycles. The molecule has 0 radical (unpaired) electrons. The van der Waals surface area contributed by atoms with Crippen molar-refractivity contribution in [3.05, 3.63) is 0 Å². The number of hydrogen-bond donors (Lipinski definition) is 1. The van der Waals surface area contributed by atoms with Gasteiger partial charge in [0, 0.05) is 13.6 Å². The standard InChI is InChI=1S/C10H17NO3S/c1-10(5-3-7-15-10)9(14)11(2)6-4-8(12)13/h3-7H2,1-2H3,(H,12,13). The highest BCUT2D eigenvalue weighted by molar-refractivity contribution is 8.01. The molecule has 5 heteroatoms. The Kier molecular flexibility index (Phi) is 4.02. The van der Waals surface area contributed by atoms with Crippen molar-refractivity contribution in [3.63, 3.8) is 0 Å². The van der Waals surface area contributed by atoms with E-state index in [0.29, 0.717) is 6.54 Å². The highest BCUT2D eigenvalue weighted by Crippen LogP contribution is 2.38. The van der Waals surface area contributed by atoms with E-state index in [0.717, 1.165) is 18.6 Å². The van der Waals surface area contributed by atoms with Crippen molar-refractivity contribution in [1.82, 2.24) is 4.90 Å². The predicted octanol–water partition coefficient (Wildman–Crippen LogP) is 1.21. The molecular weight excluding hydrogens is 214 g/mol. The fourth-order valence-corrected chi connectivity index (χ4v) is 3.02. The third kappa shape index (κ3) is 3.12. The third-order valence-electron chi connectivity index (χ3n) is 2.68. The summed E-state index contributed by atoms with van der Waals surface area (Å²) in [6, 6.07) is 0. The maximum atomic E-state index is 12.0. The first kappa shape index (κ1) is 12.4. The molecular formula is C10H17NO3S. The Balaban J connectivity index is 2.48. The quantitative estimate of drug-likeness (QED) is 0.790. The van der Waals surface area contributed by atoms with E-state index in [-0.39, 0.29) is 17.1 Å². The molecule has 0 aromatic carbocycles. The van der Waals surface area contributed by atoms with Gasteiger partial charge in [-0.05, 0) is 25.5 Å². The van der Waals surface area contributed by atoms with E-state index in [1.165, 1.54) is 4.90 Å². The Morgan fingerprint density at radius 3 is 2.67 bits per heavy atom. The van der Waals surface area contributed by atoms with Crippen LogP contribution in [0, 0.1) is 0 Å². The first-order valence-electron chi connectivity index (χ1n) is 5.07. The van der Waals surface area contributed by atoms with Crippen molar-refractivity contribution < 1.29 is 14.7 Å². The Bertz CT molecular complexity index is 261. The SMILES string of the molecule is CN(CCC(=O)O)C(=O)C1(C)CCCS1. The van der Waals surface area contributed by atoms with Crippen LogP contribution in [0.4, 0.5) is 0 Å². The van der Waals surface area contributed by atoms with Gasteiger partial charge in [-0.1, -0.05) is 0 Å². The smallest absolute Gasteiger partial charge is 0.305 e. The molecule has 0 aromatic heterocycles. The van der Waals surface area contributed by atoms with Gasteiger partial charge in [-0.15, -0.1) is 11.8 Å².